The van der Waals surface area contributed by atoms with Crippen LogP contribution in [-0.4, -0.2) is 108 Å². The molecule has 10 heteroatoms. The third-order valence-electron chi connectivity index (χ3n) is 3.24. The molecular formula is C10H20O10. The zero-order valence-electron chi connectivity index (χ0n) is 10.3. The van der Waals surface area contributed by atoms with E-state index in [0.717, 1.165) is 0 Å². The monoisotopic (exact) mass is 300 g/mol. The van der Waals surface area contributed by atoms with Crippen molar-refractivity contribution in [2.24, 2.45) is 0 Å². The molecule has 9 N–H and O–H groups in total. The Hall–Kier alpha value is -0.400. The summed E-state index contributed by atoms with van der Waals surface area (Å²) in [6.45, 7) is -0.886. The fourth-order valence-corrected chi connectivity index (χ4v) is 1.90. The molecule has 9 atom stereocenters. The van der Waals surface area contributed by atoms with Crippen LogP contribution < -0.4 is 0 Å². The largest absolute Gasteiger partial charge is 0.394 e. The van der Waals surface area contributed by atoms with Gasteiger partial charge in [-0.1, -0.05) is 0 Å². The lowest BCUT2D eigenvalue weighted by molar-refractivity contribution is -0.306. The van der Waals surface area contributed by atoms with E-state index in [9.17, 15) is 35.7 Å². The Morgan fingerprint density at radius 1 is 0.800 bits per heavy atom. The summed E-state index contributed by atoms with van der Waals surface area (Å²) in [4.78, 5) is 0. The molecule has 0 aromatic carbocycles. The summed E-state index contributed by atoms with van der Waals surface area (Å²) in [7, 11) is 0. The molecule has 10 nitrogen and oxygen atoms in total. The highest BCUT2D eigenvalue weighted by Gasteiger charge is 2.48. The van der Waals surface area contributed by atoms with Gasteiger partial charge in [-0.15, -0.1) is 0 Å². The van der Waals surface area contributed by atoms with Crippen molar-refractivity contribution in [1.82, 2.24) is 0 Å². The van der Waals surface area contributed by atoms with E-state index in [2.05, 4.69) is 4.74 Å². The summed E-state index contributed by atoms with van der Waals surface area (Å²) < 4.78 is 4.66. The Kier molecular flexibility index (Phi) is 6.22. The first-order valence-electron chi connectivity index (χ1n) is 5.93. The number of hydrogen-bond donors (Lipinski definition) is 9. The van der Waals surface area contributed by atoms with Crippen LogP contribution in [0.2, 0.25) is 0 Å². The predicted octanol–water partition coefficient (Wildman–Crippen LogP) is -5.78. The van der Waals surface area contributed by atoms with Crippen LogP contribution in [0.4, 0.5) is 0 Å². The average Bonchev–Trinajstić information content (AvgIpc) is 2.45. The predicted molar refractivity (Wildman–Crippen MR) is 60.0 cm³/mol. The van der Waals surface area contributed by atoms with E-state index in [1.165, 1.54) is 0 Å². The maximum Gasteiger partial charge on any atom is 0.184 e. The van der Waals surface area contributed by atoms with Crippen molar-refractivity contribution in [1.29, 1.82) is 0 Å². The van der Waals surface area contributed by atoms with Gasteiger partial charge in [0.1, 0.15) is 48.8 Å². The number of aliphatic hydroxyl groups excluding tert-OH is 9. The van der Waals surface area contributed by atoms with Crippen LogP contribution in [0.5, 0.6) is 0 Å². The van der Waals surface area contributed by atoms with Crippen LogP contribution >= 0.6 is 0 Å². The molecule has 0 aliphatic carbocycles. The van der Waals surface area contributed by atoms with Crippen LogP contribution in [0, 0.1) is 0 Å². The van der Waals surface area contributed by atoms with Crippen LogP contribution in [0.15, 0.2) is 0 Å². The van der Waals surface area contributed by atoms with Crippen molar-refractivity contribution in [3.63, 3.8) is 0 Å². The summed E-state index contributed by atoms with van der Waals surface area (Å²) in [5, 5.41) is 84.1. The van der Waals surface area contributed by atoms with Gasteiger partial charge in [-0.05, 0) is 0 Å². The van der Waals surface area contributed by atoms with Crippen LogP contribution in [0.1, 0.15) is 0 Å². The molecule has 0 spiro atoms. The summed E-state index contributed by atoms with van der Waals surface area (Å²) in [6.07, 6.45) is -16.9. The van der Waals surface area contributed by atoms with Gasteiger partial charge in [0.15, 0.2) is 6.29 Å². The Labute approximate surface area is 113 Å². The highest BCUT2D eigenvalue weighted by atomic mass is 16.6. The van der Waals surface area contributed by atoms with Gasteiger partial charge in [0.05, 0.1) is 6.61 Å². The summed E-state index contributed by atoms with van der Waals surface area (Å²) in [6, 6.07) is 0. The van der Waals surface area contributed by atoms with Crippen molar-refractivity contribution in [3.8, 4) is 0 Å². The van der Waals surface area contributed by atoms with Crippen molar-refractivity contribution in [3.05, 3.63) is 0 Å². The van der Waals surface area contributed by atoms with Crippen LogP contribution in [0.3, 0.4) is 0 Å². The minimum Gasteiger partial charge on any atom is -0.394 e. The van der Waals surface area contributed by atoms with E-state index in [0.29, 0.717) is 0 Å². The molecule has 1 heterocycles. The van der Waals surface area contributed by atoms with Gasteiger partial charge in [-0.2, -0.15) is 0 Å². The molecule has 1 fully saturated rings. The molecule has 0 radical (unpaired) electrons. The third kappa shape index (κ3) is 3.43. The average molecular weight is 300 g/mol. The number of hydrogen-bond acceptors (Lipinski definition) is 10. The second kappa shape index (κ2) is 7.04. The second-order valence-electron chi connectivity index (χ2n) is 4.68. The first-order chi connectivity index (χ1) is 9.22. The van der Waals surface area contributed by atoms with Crippen LogP contribution in [0.25, 0.3) is 0 Å². The van der Waals surface area contributed by atoms with E-state index < -0.39 is 61.7 Å². The number of aliphatic hydroxyl groups is 9. The van der Waals surface area contributed by atoms with Gasteiger partial charge < -0.3 is 50.7 Å². The van der Waals surface area contributed by atoms with Crippen molar-refractivity contribution >= 4 is 0 Å². The van der Waals surface area contributed by atoms with E-state index in [4.69, 9.17) is 10.2 Å². The molecular weight excluding hydrogens is 280 g/mol. The Bertz CT molecular complexity index is 302. The highest BCUT2D eigenvalue weighted by molar-refractivity contribution is 4.96. The number of ether oxygens (including phenoxy) is 1. The van der Waals surface area contributed by atoms with Crippen molar-refractivity contribution in [2.45, 2.75) is 55.1 Å². The smallest absolute Gasteiger partial charge is 0.184 e. The first kappa shape index (κ1) is 17.7. The van der Waals surface area contributed by atoms with E-state index in [1.54, 1.807) is 0 Å². The van der Waals surface area contributed by atoms with Crippen molar-refractivity contribution in [2.75, 3.05) is 6.61 Å². The number of rotatable bonds is 5. The topological polar surface area (TPSA) is 191 Å². The Balaban J connectivity index is 2.77. The molecule has 0 saturated carbocycles. The lowest BCUT2D eigenvalue weighted by atomic mass is 9.90. The molecule has 20 heavy (non-hydrogen) atoms. The standard InChI is InChI=1S/C10H20O10/c11-1-2(12)3(13)4(14)6(16)9-7(17)5(15)8(18)10(19)20-9/h2-19H,1H2/t2?,3?,4?,5?,6?,7?,8?,9?,10-/m0/s1. The lowest BCUT2D eigenvalue weighted by Crippen LogP contribution is -2.63. The second-order valence-corrected chi connectivity index (χ2v) is 4.68. The maximum absolute atomic E-state index is 9.76. The SMILES string of the molecule is OCC(O)C(O)C(O)C(O)C1O[C@H](O)C(O)C(O)C1O. The fraction of sp³-hybridized carbons (Fsp3) is 1.00. The summed E-state index contributed by atoms with van der Waals surface area (Å²) in [5.41, 5.74) is 0. The van der Waals surface area contributed by atoms with Gasteiger partial charge in [0.2, 0.25) is 0 Å². The van der Waals surface area contributed by atoms with E-state index in [1.807, 2.05) is 0 Å². The normalized spacial score (nSPS) is 41.0. The Morgan fingerprint density at radius 2 is 1.35 bits per heavy atom. The van der Waals surface area contributed by atoms with E-state index >= 15 is 0 Å². The molecule has 1 saturated heterocycles. The van der Waals surface area contributed by atoms with E-state index in [-0.39, 0.29) is 0 Å². The summed E-state index contributed by atoms with van der Waals surface area (Å²) in [5.74, 6) is 0. The molecule has 0 bridgehead atoms. The molecule has 120 valence electrons. The molecule has 0 amide bonds. The van der Waals surface area contributed by atoms with Crippen molar-refractivity contribution < 1.29 is 50.7 Å². The summed E-state index contributed by atoms with van der Waals surface area (Å²) >= 11 is 0. The molecule has 1 aliphatic heterocycles. The third-order valence-corrected chi connectivity index (χ3v) is 3.24. The Morgan fingerprint density at radius 3 is 1.85 bits per heavy atom. The minimum atomic E-state index is -2.04. The van der Waals surface area contributed by atoms with Gasteiger partial charge in [0, 0.05) is 0 Å². The first-order valence-corrected chi connectivity index (χ1v) is 5.93. The quantitative estimate of drug-likeness (QED) is 0.236. The van der Waals surface area contributed by atoms with Gasteiger partial charge >= 0.3 is 0 Å². The molecule has 8 unspecified atom stereocenters. The minimum absolute atomic E-state index is 0.886. The molecule has 0 aromatic heterocycles. The highest BCUT2D eigenvalue weighted by Crippen LogP contribution is 2.24. The zero-order chi connectivity index (χ0) is 15.6. The fourth-order valence-electron chi connectivity index (χ4n) is 1.90. The molecule has 1 aliphatic rings. The lowest BCUT2D eigenvalue weighted by Gasteiger charge is -2.41. The zero-order valence-corrected chi connectivity index (χ0v) is 10.3. The van der Waals surface area contributed by atoms with Gasteiger partial charge in [-0.3, -0.25) is 0 Å². The molecule has 0 aromatic rings. The van der Waals surface area contributed by atoms with Gasteiger partial charge in [-0.25, -0.2) is 0 Å². The molecule has 1 rings (SSSR count). The van der Waals surface area contributed by atoms with Gasteiger partial charge in [0.25, 0.3) is 0 Å². The maximum atomic E-state index is 9.76. The van der Waals surface area contributed by atoms with Crippen LogP contribution in [-0.2, 0) is 4.74 Å².